The molecule has 3 heterocycles. The van der Waals surface area contributed by atoms with Gasteiger partial charge in [-0.2, -0.15) is 0 Å². The maximum Gasteiger partial charge on any atom is 0.250 e. The number of hydrogen-bond acceptors (Lipinski definition) is 9. The topological polar surface area (TPSA) is 138 Å². The van der Waals surface area contributed by atoms with Gasteiger partial charge in [0.2, 0.25) is 15.9 Å². The molecule has 0 fully saturated rings. The summed E-state index contributed by atoms with van der Waals surface area (Å²) in [6, 6.07) is 10.4. The van der Waals surface area contributed by atoms with E-state index in [4.69, 9.17) is 0 Å². The van der Waals surface area contributed by atoms with Gasteiger partial charge in [0, 0.05) is 43.0 Å². The standard InChI is InChI=1S/C18H21N7O3S2/c1-13(26)21-12-15-2-5-18(29-15)30(27,28)22-11-10-20-16-3-4-17(25-24-16)23-14-6-8-19-9-7-14/h2-9,22H,10-12H2,1H3,(H,20,24)(H,21,26)(H,19,23,25). The van der Waals surface area contributed by atoms with Crippen LogP contribution in [0.25, 0.3) is 0 Å². The number of sulfonamides is 1. The van der Waals surface area contributed by atoms with Crippen molar-refractivity contribution >= 4 is 44.6 Å². The molecule has 0 saturated carbocycles. The summed E-state index contributed by atoms with van der Waals surface area (Å²) in [5.74, 6) is 0.949. The molecule has 12 heteroatoms. The molecular weight excluding hydrogens is 426 g/mol. The number of thiophene rings is 1. The van der Waals surface area contributed by atoms with Gasteiger partial charge < -0.3 is 16.0 Å². The molecule has 0 radical (unpaired) electrons. The van der Waals surface area contributed by atoms with Crippen LogP contribution in [0.4, 0.5) is 17.3 Å². The van der Waals surface area contributed by atoms with E-state index in [1.165, 1.54) is 13.0 Å². The first-order valence-electron chi connectivity index (χ1n) is 9.00. The van der Waals surface area contributed by atoms with Gasteiger partial charge in [-0.25, -0.2) is 13.1 Å². The molecule has 0 aliphatic heterocycles. The summed E-state index contributed by atoms with van der Waals surface area (Å²) >= 11 is 1.12. The van der Waals surface area contributed by atoms with Crippen molar-refractivity contribution in [3.05, 3.63) is 53.7 Å². The van der Waals surface area contributed by atoms with Crippen molar-refractivity contribution in [1.82, 2.24) is 25.2 Å². The van der Waals surface area contributed by atoms with Crippen LogP contribution in [-0.2, 0) is 21.4 Å². The molecule has 0 bridgehead atoms. The lowest BCUT2D eigenvalue weighted by atomic mass is 10.4. The van der Waals surface area contributed by atoms with Crippen LogP contribution in [0.15, 0.2) is 53.0 Å². The first-order chi connectivity index (χ1) is 14.4. The molecule has 30 heavy (non-hydrogen) atoms. The summed E-state index contributed by atoms with van der Waals surface area (Å²) in [7, 11) is -3.61. The van der Waals surface area contributed by atoms with Gasteiger partial charge in [-0.15, -0.1) is 21.5 Å². The average Bonchev–Trinajstić information content (AvgIpc) is 3.22. The Bertz CT molecular complexity index is 1070. The van der Waals surface area contributed by atoms with E-state index in [0.29, 0.717) is 24.7 Å². The van der Waals surface area contributed by atoms with Crippen molar-refractivity contribution in [2.45, 2.75) is 17.7 Å². The van der Waals surface area contributed by atoms with Crippen LogP contribution in [0.3, 0.4) is 0 Å². The van der Waals surface area contributed by atoms with Crippen LogP contribution in [0.2, 0.25) is 0 Å². The largest absolute Gasteiger partial charge is 0.367 e. The van der Waals surface area contributed by atoms with Gasteiger partial charge in [-0.3, -0.25) is 9.78 Å². The minimum absolute atomic E-state index is 0.165. The number of anilines is 3. The second kappa shape index (κ2) is 10.1. The average molecular weight is 448 g/mol. The molecule has 3 aromatic heterocycles. The summed E-state index contributed by atoms with van der Waals surface area (Å²) < 4.78 is 27.5. The molecule has 3 rings (SSSR count). The lowest BCUT2D eigenvalue weighted by Crippen LogP contribution is -2.28. The highest BCUT2D eigenvalue weighted by Gasteiger charge is 2.16. The van der Waals surface area contributed by atoms with Crippen molar-refractivity contribution in [2.24, 2.45) is 0 Å². The van der Waals surface area contributed by atoms with Gasteiger partial charge in [-0.1, -0.05) is 0 Å². The fourth-order valence-electron chi connectivity index (χ4n) is 2.33. The van der Waals surface area contributed by atoms with E-state index >= 15 is 0 Å². The first kappa shape index (κ1) is 21.6. The number of amides is 1. The molecule has 158 valence electrons. The normalized spacial score (nSPS) is 11.1. The van der Waals surface area contributed by atoms with Crippen molar-refractivity contribution < 1.29 is 13.2 Å². The maximum atomic E-state index is 12.4. The number of hydrogen-bond donors (Lipinski definition) is 4. The third-order valence-corrected chi connectivity index (χ3v) is 6.79. The summed E-state index contributed by atoms with van der Waals surface area (Å²) in [5, 5.41) is 16.9. The van der Waals surface area contributed by atoms with Gasteiger partial charge in [-0.05, 0) is 36.4 Å². The highest BCUT2D eigenvalue weighted by molar-refractivity contribution is 7.91. The molecule has 0 aliphatic carbocycles. The molecule has 3 aromatic rings. The SMILES string of the molecule is CC(=O)NCc1ccc(S(=O)(=O)NCCNc2ccc(Nc3ccncc3)nn2)s1. The number of carbonyl (C=O) groups is 1. The van der Waals surface area contributed by atoms with Crippen LogP contribution in [0.1, 0.15) is 11.8 Å². The predicted octanol–water partition coefficient (Wildman–Crippen LogP) is 1.70. The second-order valence-electron chi connectivity index (χ2n) is 6.12. The highest BCUT2D eigenvalue weighted by Crippen LogP contribution is 2.21. The fourth-order valence-corrected chi connectivity index (χ4v) is 4.70. The second-order valence-corrected chi connectivity index (χ2v) is 9.28. The Morgan fingerprint density at radius 1 is 1.00 bits per heavy atom. The summed E-state index contributed by atoms with van der Waals surface area (Å²) in [5.41, 5.74) is 0.850. The van der Waals surface area contributed by atoms with Gasteiger partial charge in [0.1, 0.15) is 10.0 Å². The zero-order chi connectivity index (χ0) is 21.4. The van der Waals surface area contributed by atoms with Crippen LogP contribution >= 0.6 is 11.3 Å². The minimum atomic E-state index is -3.61. The number of nitrogens with one attached hydrogen (secondary N) is 4. The van der Waals surface area contributed by atoms with E-state index in [1.54, 1.807) is 30.6 Å². The molecule has 0 aliphatic rings. The Morgan fingerprint density at radius 2 is 1.73 bits per heavy atom. The van der Waals surface area contributed by atoms with Crippen LogP contribution in [-0.4, -0.2) is 42.6 Å². The number of rotatable bonds is 10. The molecule has 1 amide bonds. The molecule has 10 nitrogen and oxygen atoms in total. The number of aromatic nitrogens is 3. The van der Waals surface area contributed by atoms with E-state index in [1.807, 2.05) is 12.1 Å². The summed E-state index contributed by atoms with van der Waals surface area (Å²) in [6.45, 7) is 2.24. The van der Waals surface area contributed by atoms with E-state index in [2.05, 4.69) is 35.9 Å². The minimum Gasteiger partial charge on any atom is -0.367 e. The molecule has 0 atom stereocenters. The van der Waals surface area contributed by atoms with E-state index in [0.717, 1.165) is 21.9 Å². The zero-order valence-electron chi connectivity index (χ0n) is 16.1. The van der Waals surface area contributed by atoms with Gasteiger partial charge >= 0.3 is 0 Å². The third kappa shape index (κ3) is 6.47. The van der Waals surface area contributed by atoms with Gasteiger partial charge in [0.05, 0.1) is 6.54 Å². The Kier molecular flexibility index (Phi) is 7.27. The van der Waals surface area contributed by atoms with Crippen LogP contribution in [0.5, 0.6) is 0 Å². The Labute approximate surface area is 178 Å². The fraction of sp³-hybridized carbons (Fsp3) is 0.222. The predicted molar refractivity (Wildman–Crippen MR) is 115 cm³/mol. The molecule has 4 N–H and O–H groups in total. The maximum absolute atomic E-state index is 12.4. The number of nitrogens with zero attached hydrogens (tertiary/aromatic N) is 3. The van der Waals surface area contributed by atoms with Crippen molar-refractivity contribution in [3.8, 4) is 0 Å². The zero-order valence-corrected chi connectivity index (χ0v) is 17.8. The lowest BCUT2D eigenvalue weighted by Gasteiger charge is -2.08. The van der Waals surface area contributed by atoms with Crippen LogP contribution in [0, 0.1) is 0 Å². The molecule has 0 spiro atoms. The smallest absolute Gasteiger partial charge is 0.250 e. The van der Waals surface area contributed by atoms with Crippen LogP contribution < -0.4 is 20.7 Å². The quantitative estimate of drug-likeness (QED) is 0.345. The Hall–Kier alpha value is -3.09. The number of pyridine rings is 1. The molecule has 0 unspecified atom stereocenters. The van der Waals surface area contributed by atoms with Crippen molar-refractivity contribution in [2.75, 3.05) is 23.7 Å². The van der Waals surface area contributed by atoms with Crippen molar-refractivity contribution in [3.63, 3.8) is 0 Å². The Morgan fingerprint density at radius 3 is 2.43 bits per heavy atom. The summed E-state index contributed by atoms with van der Waals surface area (Å²) in [6.07, 6.45) is 3.35. The monoisotopic (exact) mass is 447 g/mol. The van der Waals surface area contributed by atoms with Gasteiger partial charge in [0.25, 0.3) is 0 Å². The first-order valence-corrected chi connectivity index (χ1v) is 11.3. The third-order valence-electron chi connectivity index (χ3n) is 3.75. The lowest BCUT2D eigenvalue weighted by molar-refractivity contribution is -0.119. The molecular formula is C18H21N7O3S2. The van der Waals surface area contributed by atoms with Gasteiger partial charge in [0.15, 0.2) is 5.82 Å². The molecule has 0 saturated heterocycles. The van der Waals surface area contributed by atoms with E-state index < -0.39 is 10.0 Å². The number of carbonyl (C=O) groups excluding carboxylic acids is 1. The van der Waals surface area contributed by atoms with Crippen molar-refractivity contribution in [1.29, 1.82) is 0 Å². The van der Waals surface area contributed by atoms with E-state index in [-0.39, 0.29) is 16.7 Å². The highest BCUT2D eigenvalue weighted by atomic mass is 32.2. The Balaban J connectivity index is 1.44. The molecule has 0 aromatic carbocycles. The summed E-state index contributed by atoms with van der Waals surface area (Å²) in [4.78, 5) is 15.7. The van der Waals surface area contributed by atoms with E-state index in [9.17, 15) is 13.2 Å².